The Bertz CT molecular complexity index is 518. The highest BCUT2D eigenvalue weighted by Gasteiger charge is 2.02. The summed E-state index contributed by atoms with van der Waals surface area (Å²) in [5.41, 5.74) is 2.35. The van der Waals surface area contributed by atoms with Crippen LogP contribution in [-0.4, -0.2) is 14.1 Å². The van der Waals surface area contributed by atoms with Crippen LogP contribution in [0.5, 0.6) is 0 Å². The van der Waals surface area contributed by atoms with E-state index >= 15 is 0 Å². The van der Waals surface area contributed by atoms with Gasteiger partial charge in [-0.15, -0.1) is 11.3 Å². The molecule has 0 N–H and O–H groups in total. The van der Waals surface area contributed by atoms with Gasteiger partial charge < -0.3 is 4.90 Å². The number of nitrogens with zero attached hydrogens (tertiary/aromatic N) is 2. The second-order valence-corrected chi connectivity index (χ2v) is 4.80. The van der Waals surface area contributed by atoms with Crippen LogP contribution in [0.2, 0.25) is 0 Å². The van der Waals surface area contributed by atoms with Crippen molar-refractivity contribution in [2.45, 2.75) is 0 Å². The van der Waals surface area contributed by atoms with Gasteiger partial charge in [0.2, 0.25) is 0 Å². The molecule has 0 amide bonds. The SMILES string of the molecule is CN(C)c1ccc(-c2ccc(C#N)s2)cc1. The third-order valence-electron chi connectivity index (χ3n) is 2.38. The molecule has 80 valence electrons. The molecular weight excluding hydrogens is 216 g/mol. The Kier molecular flexibility index (Phi) is 2.93. The van der Waals surface area contributed by atoms with Crippen molar-refractivity contribution < 1.29 is 0 Å². The van der Waals surface area contributed by atoms with Gasteiger partial charge in [-0.3, -0.25) is 0 Å². The first kappa shape index (κ1) is 10.7. The quantitative estimate of drug-likeness (QED) is 0.788. The Morgan fingerprint density at radius 3 is 2.25 bits per heavy atom. The van der Waals surface area contributed by atoms with Crippen LogP contribution in [0.15, 0.2) is 36.4 Å². The topological polar surface area (TPSA) is 27.0 Å². The second-order valence-electron chi connectivity index (χ2n) is 3.72. The van der Waals surface area contributed by atoms with E-state index in [4.69, 9.17) is 5.26 Å². The molecule has 2 nitrogen and oxygen atoms in total. The second kappa shape index (κ2) is 4.38. The lowest BCUT2D eigenvalue weighted by atomic mass is 10.1. The van der Waals surface area contributed by atoms with Crippen LogP contribution in [-0.2, 0) is 0 Å². The summed E-state index contributed by atoms with van der Waals surface area (Å²) in [5.74, 6) is 0. The summed E-state index contributed by atoms with van der Waals surface area (Å²) in [6.45, 7) is 0. The molecule has 2 aromatic rings. The van der Waals surface area contributed by atoms with Crippen LogP contribution in [0.25, 0.3) is 10.4 Å². The van der Waals surface area contributed by atoms with E-state index in [-0.39, 0.29) is 0 Å². The predicted molar refractivity (Wildman–Crippen MR) is 68.8 cm³/mol. The fraction of sp³-hybridized carbons (Fsp3) is 0.154. The molecular formula is C13H12N2S. The minimum absolute atomic E-state index is 0.756. The minimum Gasteiger partial charge on any atom is -0.378 e. The molecule has 0 bridgehead atoms. The van der Waals surface area contributed by atoms with E-state index in [9.17, 15) is 0 Å². The maximum absolute atomic E-state index is 8.77. The summed E-state index contributed by atoms with van der Waals surface area (Å²) in [4.78, 5) is 3.97. The average Bonchev–Trinajstić information content (AvgIpc) is 2.77. The van der Waals surface area contributed by atoms with Crippen molar-refractivity contribution in [3.8, 4) is 16.5 Å². The van der Waals surface area contributed by atoms with E-state index in [0.29, 0.717) is 0 Å². The molecule has 1 heterocycles. The number of benzene rings is 1. The van der Waals surface area contributed by atoms with Gasteiger partial charge in [0.1, 0.15) is 10.9 Å². The summed E-state index contributed by atoms with van der Waals surface area (Å²) in [7, 11) is 4.04. The van der Waals surface area contributed by atoms with Gasteiger partial charge in [-0.1, -0.05) is 12.1 Å². The molecule has 3 heteroatoms. The molecule has 0 aliphatic heterocycles. The molecule has 0 aliphatic rings. The zero-order valence-corrected chi connectivity index (χ0v) is 10.1. The van der Waals surface area contributed by atoms with Gasteiger partial charge in [-0.25, -0.2) is 0 Å². The molecule has 0 spiro atoms. The van der Waals surface area contributed by atoms with E-state index in [1.54, 1.807) is 0 Å². The number of anilines is 1. The minimum atomic E-state index is 0.756. The van der Waals surface area contributed by atoms with Crippen molar-refractivity contribution >= 4 is 17.0 Å². The van der Waals surface area contributed by atoms with E-state index in [1.807, 2.05) is 26.2 Å². The Labute approximate surface area is 99.4 Å². The lowest BCUT2D eigenvalue weighted by Gasteiger charge is -2.12. The molecule has 0 aliphatic carbocycles. The third kappa shape index (κ3) is 2.07. The third-order valence-corrected chi connectivity index (χ3v) is 3.42. The monoisotopic (exact) mass is 228 g/mol. The van der Waals surface area contributed by atoms with Gasteiger partial charge in [-0.2, -0.15) is 5.26 Å². The Morgan fingerprint density at radius 1 is 1.06 bits per heavy atom. The van der Waals surface area contributed by atoms with Crippen molar-refractivity contribution in [2.24, 2.45) is 0 Å². The molecule has 0 atom stereocenters. The summed E-state index contributed by atoms with van der Waals surface area (Å²) < 4.78 is 0. The lowest BCUT2D eigenvalue weighted by molar-refractivity contribution is 1.13. The van der Waals surface area contributed by atoms with Crippen LogP contribution in [0.4, 0.5) is 5.69 Å². The van der Waals surface area contributed by atoms with E-state index in [1.165, 1.54) is 17.0 Å². The van der Waals surface area contributed by atoms with Crippen molar-refractivity contribution in [3.63, 3.8) is 0 Å². The van der Waals surface area contributed by atoms with Gasteiger partial charge in [0.05, 0.1) is 0 Å². The van der Waals surface area contributed by atoms with Crippen molar-refractivity contribution in [2.75, 3.05) is 19.0 Å². The van der Waals surface area contributed by atoms with Crippen LogP contribution in [0.1, 0.15) is 4.88 Å². The first-order valence-electron chi connectivity index (χ1n) is 4.98. The zero-order valence-electron chi connectivity index (χ0n) is 9.27. The van der Waals surface area contributed by atoms with Crippen LogP contribution < -0.4 is 4.90 Å². The van der Waals surface area contributed by atoms with E-state index < -0.39 is 0 Å². The first-order valence-corrected chi connectivity index (χ1v) is 5.80. The number of nitriles is 1. The highest BCUT2D eigenvalue weighted by atomic mass is 32.1. The normalized spacial score (nSPS) is 9.81. The Morgan fingerprint density at radius 2 is 1.75 bits per heavy atom. The molecule has 0 fully saturated rings. The van der Waals surface area contributed by atoms with Gasteiger partial charge in [0.25, 0.3) is 0 Å². The number of hydrogen-bond donors (Lipinski definition) is 0. The number of hydrogen-bond acceptors (Lipinski definition) is 3. The van der Waals surface area contributed by atoms with Crippen LogP contribution in [0.3, 0.4) is 0 Å². The highest BCUT2D eigenvalue weighted by molar-refractivity contribution is 7.16. The fourth-order valence-corrected chi connectivity index (χ4v) is 2.29. The highest BCUT2D eigenvalue weighted by Crippen LogP contribution is 2.28. The summed E-state index contributed by atoms with van der Waals surface area (Å²) in [6.07, 6.45) is 0. The average molecular weight is 228 g/mol. The summed E-state index contributed by atoms with van der Waals surface area (Å²) in [6, 6.07) is 14.4. The fourth-order valence-electron chi connectivity index (χ4n) is 1.48. The van der Waals surface area contributed by atoms with Crippen LogP contribution in [0, 0.1) is 11.3 Å². The van der Waals surface area contributed by atoms with Crippen molar-refractivity contribution in [3.05, 3.63) is 41.3 Å². The largest absolute Gasteiger partial charge is 0.378 e. The van der Waals surface area contributed by atoms with Crippen molar-refractivity contribution in [1.82, 2.24) is 0 Å². The smallest absolute Gasteiger partial charge is 0.110 e. The van der Waals surface area contributed by atoms with E-state index in [0.717, 1.165) is 15.3 Å². The van der Waals surface area contributed by atoms with Gasteiger partial charge >= 0.3 is 0 Å². The predicted octanol–water partition coefficient (Wildman–Crippen LogP) is 3.35. The number of thiophene rings is 1. The zero-order chi connectivity index (χ0) is 11.5. The van der Waals surface area contributed by atoms with Crippen LogP contribution >= 0.6 is 11.3 Å². The molecule has 1 aromatic heterocycles. The maximum Gasteiger partial charge on any atom is 0.110 e. The van der Waals surface area contributed by atoms with Gasteiger partial charge in [0.15, 0.2) is 0 Å². The van der Waals surface area contributed by atoms with Gasteiger partial charge in [-0.05, 0) is 29.8 Å². The molecule has 0 saturated carbocycles. The van der Waals surface area contributed by atoms with Gasteiger partial charge in [0, 0.05) is 24.7 Å². The van der Waals surface area contributed by atoms with Crippen molar-refractivity contribution in [1.29, 1.82) is 5.26 Å². The molecule has 2 rings (SSSR count). The summed E-state index contributed by atoms with van der Waals surface area (Å²) in [5, 5.41) is 8.77. The first-order chi connectivity index (χ1) is 7.70. The molecule has 0 saturated heterocycles. The Hall–Kier alpha value is -1.79. The standard InChI is InChI=1S/C13H12N2S/c1-15(2)11-5-3-10(4-6-11)13-8-7-12(9-14)16-13/h3-8H,1-2H3. The maximum atomic E-state index is 8.77. The lowest BCUT2D eigenvalue weighted by Crippen LogP contribution is -2.07. The molecule has 0 radical (unpaired) electrons. The van der Waals surface area contributed by atoms with E-state index in [2.05, 4.69) is 35.2 Å². The summed E-state index contributed by atoms with van der Waals surface area (Å²) >= 11 is 1.53. The molecule has 16 heavy (non-hydrogen) atoms. The number of rotatable bonds is 2. The Balaban J connectivity index is 2.31. The molecule has 0 unspecified atom stereocenters. The molecule has 1 aromatic carbocycles.